The number of fused-ring (bicyclic) bond motifs is 7. The Morgan fingerprint density at radius 1 is 0.382 bits per heavy atom. The lowest BCUT2D eigenvalue weighted by molar-refractivity contribution is 0.663. The highest BCUT2D eigenvalue weighted by Crippen LogP contribution is 2.57. The van der Waals surface area contributed by atoms with E-state index in [2.05, 4.69) is 42.5 Å². The lowest BCUT2D eigenvalue weighted by atomic mass is 9.67. The van der Waals surface area contributed by atoms with E-state index < -0.39 is 82.7 Å². The number of hydrogen-bond donors (Lipinski definition) is 0. The fourth-order valence-corrected chi connectivity index (χ4v) is 10.5. The molecule has 10 aromatic carbocycles. The van der Waals surface area contributed by atoms with E-state index in [4.69, 9.17) is 0 Å². The van der Waals surface area contributed by atoms with Gasteiger partial charge in [-0.1, -0.05) is 230 Å². The van der Waals surface area contributed by atoms with E-state index in [1.165, 1.54) is 4.90 Å². The van der Waals surface area contributed by atoms with Crippen LogP contribution in [0.2, 0.25) is 0 Å². The molecule has 0 heterocycles. The third-order valence-electron chi connectivity index (χ3n) is 13.7. The fraction of sp³-hybridized carbons (Fsp3) is 0.0448. The summed E-state index contributed by atoms with van der Waals surface area (Å²) in [6, 6.07) is 44.3. The second kappa shape index (κ2) is 16.4. The molecule has 0 aliphatic heterocycles. The monoisotopic (exact) mass is 877 g/mol. The minimum atomic E-state index is -0.962. The van der Waals surface area contributed by atoms with Crippen molar-refractivity contribution in [3.8, 4) is 33.4 Å². The molecule has 2 unspecified atom stereocenters. The molecule has 0 spiro atoms. The molecule has 1 heteroatoms. The molecule has 0 N–H and O–H groups in total. The van der Waals surface area contributed by atoms with Crippen LogP contribution in [0.25, 0.3) is 60.5 Å². The molecule has 0 saturated heterocycles. The van der Waals surface area contributed by atoms with Crippen molar-refractivity contribution in [2.45, 2.75) is 5.41 Å². The van der Waals surface area contributed by atoms with Gasteiger partial charge < -0.3 is 4.90 Å². The highest BCUT2D eigenvalue weighted by Gasteiger charge is 2.46. The van der Waals surface area contributed by atoms with Crippen molar-refractivity contribution in [3.05, 3.63) is 301 Å². The summed E-state index contributed by atoms with van der Waals surface area (Å²) in [6.45, 7) is 0. The molecule has 0 aromatic heterocycles. The topological polar surface area (TPSA) is 3.24 Å². The molecule has 3 aliphatic carbocycles. The van der Waals surface area contributed by atoms with Crippen LogP contribution in [0.3, 0.4) is 0 Å². The first kappa shape index (κ1) is 29.2. The van der Waals surface area contributed by atoms with Crippen LogP contribution < -0.4 is 4.90 Å². The molecule has 0 bridgehead atoms. The standard InChI is InChI=1S/C67H47N/c1-3-18-54(19-4-1)67(55-20-5-2-6-21-55)65-26-14-13-25-62(65)63-42-41-58(45-66(63)67)68(57-39-35-49(36-40-57)52-32-29-46-15-7-8-16-51(46)43-52)56-37-33-48(34-38-56)47-27-30-50(31-28-47)64-44-53-17-9-10-22-59(53)60-23-11-12-24-61(60)64/h1-46,51H/i27D,28D,30D,31D,33D,34D,35D,36D,37D,38D,39D,40D. The lowest BCUT2D eigenvalue weighted by Gasteiger charge is -2.35. The van der Waals surface area contributed by atoms with Crippen molar-refractivity contribution < 1.29 is 16.4 Å². The van der Waals surface area contributed by atoms with Crippen molar-refractivity contribution in [1.29, 1.82) is 0 Å². The summed E-state index contributed by atoms with van der Waals surface area (Å²) in [5.41, 5.74) is 4.11. The van der Waals surface area contributed by atoms with Gasteiger partial charge in [0.1, 0.15) is 0 Å². The third-order valence-corrected chi connectivity index (χ3v) is 13.7. The lowest BCUT2D eigenvalue weighted by Crippen LogP contribution is -2.28. The molecule has 0 fully saturated rings. The predicted octanol–water partition coefficient (Wildman–Crippen LogP) is 17.5. The maximum atomic E-state index is 9.99. The van der Waals surface area contributed by atoms with Gasteiger partial charge in [0, 0.05) is 28.9 Å². The molecule has 2 atom stereocenters. The molecule has 0 radical (unpaired) electrons. The minimum absolute atomic E-state index is 0.0164. The van der Waals surface area contributed by atoms with E-state index in [0.29, 0.717) is 16.5 Å². The van der Waals surface area contributed by atoms with Gasteiger partial charge in [-0.25, -0.2) is 0 Å². The molecule has 1 nitrogen and oxygen atoms in total. The maximum Gasteiger partial charge on any atom is 0.0714 e. The average Bonchev–Trinajstić information content (AvgIpc) is 4.00. The van der Waals surface area contributed by atoms with E-state index in [9.17, 15) is 16.4 Å². The van der Waals surface area contributed by atoms with E-state index in [1.54, 1.807) is 12.1 Å². The normalized spacial score (nSPS) is 18.7. The van der Waals surface area contributed by atoms with Crippen LogP contribution in [0.5, 0.6) is 0 Å². The van der Waals surface area contributed by atoms with Crippen LogP contribution in [-0.2, 0) is 5.41 Å². The van der Waals surface area contributed by atoms with Gasteiger partial charge in [0.15, 0.2) is 0 Å². The Labute approximate surface area is 415 Å². The van der Waals surface area contributed by atoms with Gasteiger partial charge in [0.2, 0.25) is 0 Å². The van der Waals surface area contributed by atoms with Gasteiger partial charge in [-0.3, -0.25) is 0 Å². The Morgan fingerprint density at radius 2 is 0.926 bits per heavy atom. The van der Waals surface area contributed by atoms with Crippen molar-refractivity contribution in [2.75, 3.05) is 4.90 Å². The van der Waals surface area contributed by atoms with E-state index in [1.807, 2.05) is 146 Å². The third kappa shape index (κ3) is 6.54. The summed E-state index contributed by atoms with van der Waals surface area (Å²) in [7, 11) is 0. The summed E-state index contributed by atoms with van der Waals surface area (Å²) >= 11 is 0. The number of benzene rings is 10. The zero-order chi connectivity index (χ0) is 55.5. The van der Waals surface area contributed by atoms with Gasteiger partial charge in [0.25, 0.3) is 0 Å². The first-order valence-electron chi connectivity index (χ1n) is 28.9. The fourth-order valence-electron chi connectivity index (χ4n) is 10.5. The minimum Gasteiger partial charge on any atom is -0.310 e. The summed E-state index contributed by atoms with van der Waals surface area (Å²) in [6.07, 6.45) is 13.7. The smallest absolute Gasteiger partial charge is 0.0714 e. The molecule has 320 valence electrons. The van der Waals surface area contributed by atoms with Crippen LogP contribution in [0.1, 0.15) is 44.3 Å². The van der Waals surface area contributed by atoms with Crippen molar-refractivity contribution in [2.24, 2.45) is 11.8 Å². The van der Waals surface area contributed by atoms with Crippen molar-refractivity contribution in [3.63, 3.8) is 0 Å². The van der Waals surface area contributed by atoms with Gasteiger partial charge >= 0.3 is 0 Å². The second-order valence-corrected chi connectivity index (χ2v) is 17.4. The SMILES string of the molecule is [2H]c1c([2H])c(N(c2ccc3c(c2)C(c2ccccc2)(c2ccccc2)c2ccccc2-3)c2c([2H])c([2H])c(-c3c([2H])c([2H])c(-c4cc5ccccc5c5ccccc45)c([2H])c3[2H])c([2H])c2[2H])c([2H])c([2H])c1C1=CC2C=CC=CC2C=C1. The average molecular weight is 878 g/mol. The van der Waals surface area contributed by atoms with Gasteiger partial charge in [-0.2, -0.15) is 0 Å². The first-order chi connectivity index (χ1) is 38.7. The van der Waals surface area contributed by atoms with Crippen LogP contribution in [0, 0.1) is 11.8 Å². The largest absolute Gasteiger partial charge is 0.310 e. The Morgan fingerprint density at radius 3 is 1.63 bits per heavy atom. The Balaban J connectivity index is 1.06. The molecule has 0 saturated carbocycles. The molecule has 3 aliphatic rings. The molecule has 10 aromatic rings. The zero-order valence-corrected chi connectivity index (χ0v) is 36.7. The second-order valence-electron chi connectivity index (χ2n) is 17.4. The number of anilines is 3. The van der Waals surface area contributed by atoms with E-state index >= 15 is 0 Å². The quantitative estimate of drug-likeness (QED) is 0.138. The van der Waals surface area contributed by atoms with Gasteiger partial charge in [-0.05, 0) is 131 Å². The van der Waals surface area contributed by atoms with Gasteiger partial charge in [-0.15, -0.1) is 0 Å². The first-order valence-corrected chi connectivity index (χ1v) is 22.9. The van der Waals surface area contributed by atoms with Crippen LogP contribution in [0.4, 0.5) is 17.1 Å². The molecule has 13 rings (SSSR count). The molecule has 68 heavy (non-hydrogen) atoms. The Kier molecular flexibility index (Phi) is 7.05. The summed E-state index contributed by atoms with van der Waals surface area (Å²) < 4.78 is 117. The predicted molar refractivity (Wildman–Crippen MR) is 287 cm³/mol. The van der Waals surface area contributed by atoms with Crippen molar-refractivity contribution in [1.82, 2.24) is 0 Å². The number of nitrogens with zero attached hydrogens (tertiary/aromatic N) is 1. The van der Waals surface area contributed by atoms with Gasteiger partial charge in [0.05, 0.1) is 21.9 Å². The van der Waals surface area contributed by atoms with E-state index in [-0.39, 0.29) is 46.4 Å². The molecular formula is C67H47N. The number of hydrogen-bond acceptors (Lipinski definition) is 1. The molecule has 0 amide bonds. The van der Waals surface area contributed by atoms with Crippen LogP contribution in [0.15, 0.2) is 273 Å². The summed E-state index contributed by atoms with van der Waals surface area (Å²) in [4.78, 5) is 1.29. The van der Waals surface area contributed by atoms with E-state index in [0.717, 1.165) is 49.5 Å². The Hall–Kier alpha value is -8.52. The van der Waals surface area contributed by atoms with Crippen LogP contribution >= 0.6 is 0 Å². The number of allylic oxidation sites excluding steroid dienone is 8. The zero-order valence-electron chi connectivity index (χ0n) is 48.7. The van der Waals surface area contributed by atoms with Crippen molar-refractivity contribution >= 4 is 44.2 Å². The van der Waals surface area contributed by atoms with Crippen LogP contribution in [-0.4, -0.2) is 0 Å². The highest BCUT2D eigenvalue weighted by atomic mass is 15.1. The highest BCUT2D eigenvalue weighted by molar-refractivity contribution is 6.13. The summed E-state index contributed by atoms with van der Waals surface area (Å²) in [5.74, 6) is -0.0182. The Bertz CT molecular complexity index is 4280. The molecular weight excluding hydrogens is 819 g/mol. The maximum absolute atomic E-state index is 9.99. The number of rotatable bonds is 8. The summed E-state index contributed by atoms with van der Waals surface area (Å²) in [5, 5.41) is 3.33.